The van der Waals surface area contributed by atoms with E-state index in [1.54, 1.807) is 12.1 Å². The molecule has 0 saturated carbocycles. The van der Waals surface area contributed by atoms with Crippen molar-refractivity contribution in [2.75, 3.05) is 17.1 Å². The van der Waals surface area contributed by atoms with Gasteiger partial charge in [-0.3, -0.25) is 9.82 Å². The molecule has 0 aliphatic heterocycles. The minimum absolute atomic E-state index is 0.0219. The summed E-state index contributed by atoms with van der Waals surface area (Å²) >= 11 is 0. The number of pyridine rings is 1. The summed E-state index contributed by atoms with van der Waals surface area (Å²) in [5.41, 5.74) is 5.78. The van der Waals surface area contributed by atoms with Crippen LogP contribution in [0.4, 0.5) is 11.5 Å². The molecule has 0 spiro atoms. The van der Waals surface area contributed by atoms with Gasteiger partial charge in [-0.05, 0) is 13.0 Å². The van der Waals surface area contributed by atoms with Gasteiger partial charge in [0.15, 0.2) is 0 Å². The fourth-order valence-corrected chi connectivity index (χ4v) is 2.45. The fraction of sp³-hybridized carbons (Fsp3) is 0.200. The van der Waals surface area contributed by atoms with Gasteiger partial charge in [-0.15, -0.1) is 0 Å². The van der Waals surface area contributed by atoms with Crippen LogP contribution in [-0.2, 0) is 10.0 Å². The van der Waals surface area contributed by atoms with Crippen LogP contribution in [0.5, 0.6) is 5.88 Å². The number of nitrogens with one attached hydrogen (secondary N) is 2. The van der Waals surface area contributed by atoms with Gasteiger partial charge < -0.3 is 10.5 Å². The molecule has 102 valence electrons. The summed E-state index contributed by atoms with van der Waals surface area (Å²) < 4.78 is 31.5. The third-order valence-corrected chi connectivity index (χ3v) is 3.61. The zero-order valence-corrected chi connectivity index (χ0v) is 10.9. The number of nitrogens with zero attached hydrogens (tertiary/aromatic N) is 2. The van der Waals surface area contributed by atoms with E-state index in [0.717, 1.165) is 6.20 Å². The Hall–Kier alpha value is -2.29. The van der Waals surface area contributed by atoms with E-state index in [1.165, 1.54) is 6.20 Å². The molecule has 0 amide bonds. The lowest BCUT2D eigenvalue weighted by Crippen LogP contribution is -2.14. The summed E-state index contributed by atoms with van der Waals surface area (Å²) in [5.74, 6) is 0.402. The second kappa shape index (κ2) is 5.14. The predicted molar refractivity (Wildman–Crippen MR) is 69.2 cm³/mol. The maximum absolute atomic E-state index is 12.0. The van der Waals surface area contributed by atoms with E-state index in [4.69, 9.17) is 10.5 Å². The van der Waals surface area contributed by atoms with Gasteiger partial charge in [0, 0.05) is 6.07 Å². The maximum Gasteiger partial charge on any atom is 0.267 e. The second-order valence-electron chi connectivity index (χ2n) is 3.57. The SMILES string of the molecule is CCOc1ccc(NS(=O)(=O)c2cn[nH]c2N)cn1. The highest BCUT2D eigenvalue weighted by atomic mass is 32.2. The number of anilines is 2. The number of rotatable bonds is 5. The van der Waals surface area contributed by atoms with E-state index < -0.39 is 10.0 Å². The average molecular weight is 283 g/mol. The number of nitrogen functional groups attached to an aromatic ring is 1. The summed E-state index contributed by atoms with van der Waals surface area (Å²) in [6, 6.07) is 3.12. The van der Waals surface area contributed by atoms with Crippen molar-refractivity contribution in [2.45, 2.75) is 11.8 Å². The van der Waals surface area contributed by atoms with E-state index in [2.05, 4.69) is 19.9 Å². The van der Waals surface area contributed by atoms with Crippen molar-refractivity contribution in [1.29, 1.82) is 0 Å². The van der Waals surface area contributed by atoms with Gasteiger partial charge in [-0.2, -0.15) is 5.10 Å². The number of hydrogen-bond donors (Lipinski definition) is 3. The van der Waals surface area contributed by atoms with Gasteiger partial charge >= 0.3 is 0 Å². The summed E-state index contributed by atoms with van der Waals surface area (Å²) in [6.07, 6.45) is 2.50. The number of ether oxygens (including phenoxy) is 1. The standard InChI is InChI=1S/C10H13N5O3S/c1-2-18-9-4-3-7(5-12-9)15-19(16,17)8-6-13-14-10(8)11/h3-6,15H,2H2,1H3,(H3,11,13,14). The molecule has 0 radical (unpaired) electrons. The van der Waals surface area contributed by atoms with Crippen molar-refractivity contribution >= 4 is 21.5 Å². The van der Waals surface area contributed by atoms with Crippen molar-refractivity contribution < 1.29 is 13.2 Å². The Bertz CT molecular complexity index is 650. The lowest BCUT2D eigenvalue weighted by Gasteiger charge is -2.07. The minimum Gasteiger partial charge on any atom is -0.478 e. The van der Waals surface area contributed by atoms with Gasteiger partial charge in [-0.25, -0.2) is 13.4 Å². The van der Waals surface area contributed by atoms with E-state index in [-0.39, 0.29) is 10.7 Å². The highest BCUT2D eigenvalue weighted by molar-refractivity contribution is 7.92. The summed E-state index contributed by atoms with van der Waals surface area (Å²) in [5, 5.41) is 5.92. The van der Waals surface area contributed by atoms with Gasteiger partial charge in [0.2, 0.25) is 5.88 Å². The molecule has 9 heteroatoms. The molecule has 2 rings (SSSR count). The Morgan fingerprint density at radius 2 is 2.21 bits per heavy atom. The van der Waals surface area contributed by atoms with Crippen molar-refractivity contribution in [1.82, 2.24) is 15.2 Å². The first-order valence-electron chi connectivity index (χ1n) is 5.43. The number of hydrogen-bond acceptors (Lipinski definition) is 6. The number of aromatic amines is 1. The molecular weight excluding hydrogens is 270 g/mol. The molecule has 19 heavy (non-hydrogen) atoms. The summed E-state index contributed by atoms with van der Waals surface area (Å²) in [6.45, 7) is 2.32. The largest absolute Gasteiger partial charge is 0.478 e. The lowest BCUT2D eigenvalue weighted by molar-refractivity contribution is 0.327. The van der Waals surface area contributed by atoms with E-state index in [0.29, 0.717) is 18.2 Å². The molecule has 0 unspecified atom stereocenters. The topological polar surface area (TPSA) is 123 Å². The Kier molecular flexibility index (Phi) is 3.56. The van der Waals surface area contributed by atoms with Crippen LogP contribution >= 0.6 is 0 Å². The number of sulfonamides is 1. The van der Waals surface area contributed by atoms with E-state index in [9.17, 15) is 8.42 Å². The lowest BCUT2D eigenvalue weighted by atomic mass is 10.4. The third-order valence-electron chi connectivity index (χ3n) is 2.20. The first-order chi connectivity index (χ1) is 9.03. The average Bonchev–Trinajstić information content (AvgIpc) is 2.79. The van der Waals surface area contributed by atoms with E-state index >= 15 is 0 Å². The molecular formula is C10H13N5O3S. The minimum atomic E-state index is -3.78. The van der Waals surface area contributed by atoms with Gasteiger partial charge in [-0.1, -0.05) is 0 Å². The second-order valence-corrected chi connectivity index (χ2v) is 5.22. The first-order valence-corrected chi connectivity index (χ1v) is 6.91. The zero-order chi connectivity index (χ0) is 13.9. The molecule has 2 aromatic rings. The maximum atomic E-state index is 12.0. The fourth-order valence-electron chi connectivity index (χ4n) is 1.38. The van der Waals surface area contributed by atoms with Gasteiger partial charge in [0.05, 0.1) is 24.7 Å². The quantitative estimate of drug-likeness (QED) is 0.737. The number of H-pyrrole nitrogens is 1. The Balaban J connectivity index is 2.19. The molecule has 0 atom stereocenters. The normalized spacial score (nSPS) is 11.2. The molecule has 0 saturated heterocycles. The smallest absolute Gasteiger partial charge is 0.267 e. The summed E-state index contributed by atoms with van der Waals surface area (Å²) in [4.78, 5) is 3.84. The third kappa shape index (κ3) is 2.94. The Labute approximate surface area is 110 Å². The van der Waals surface area contributed by atoms with Gasteiger partial charge in [0.1, 0.15) is 10.7 Å². The van der Waals surface area contributed by atoms with Crippen molar-refractivity contribution in [3.05, 3.63) is 24.5 Å². The number of aromatic nitrogens is 3. The van der Waals surface area contributed by atoms with Crippen LogP contribution in [0.1, 0.15) is 6.92 Å². The molecule has 0 bridgehead atoms. The predicted octanol–water partition coefficient (Wildman–Crippen LogP) is 0.586. The molecule has 0 aromatic carbocycles. The molecule has 4 N–H and O–H groups in total. The highest BCUT2D eigenvalue weighted by Crippen LogP contribution is 2.19. The molecule has 0 aliphatic carbocycles. The monoisotopic (exact) mass is 283 g/mol. The Morgan fingerprint density at radius 3 is 2.74 bits per heavy atom. The van der Waals surface area contributed by atoms with Crippen LogP contribution in [0, 0.1) is 0 Å². The zero-order valence-electron chi connectivity index (χ0n) is 10.1. The van der Waals surface area contributed by atoms with Crippen LogP contribution in [0.3, 0.4) is 0 Å². The molecule has 2 heterocycles. The van der Waals surface area contributed by atoms with Crippen molar-refractivity contribution in [3.63, 3.8) is 0 Å². The summed E-state index contributed by atoms with van der Waals surface area (Å²) in [7, 11) is -3.78. The van der Waals surface area contributed by atoms with Crippen LogP contribution in [0.2, 0.25) is 0 Å². The molecule has 0 aliphatic rings. The molecule has 8 nitrogen and oxygen atoms in total. The van der Waals surface area contributed by atoms with Gasteiger partial charge in [0.25, 0.3) is 10.0 Å². The van der Waals surface area contributed by atoms with Crippen LogP contribution in [-0.4, -0.2) is 30.2 Å². The molecule has 2 aromatic heterocycles. The van der Waals surface area contributed by atoms with E-state index in [1.807, 2.05) is 6.92 Å². The Morgan fingerprint density at radius 1 is 1.42 bits per heavy atom. The number of nitrogens with two attached hydrogens (primary N) is 1. The molecule has 0 fully saturated rings. The van der Waals surface area contributed by atoms with Crippen LogP contribution in [0.15, 0.2) is 29.4 Å². The van der Waals surface area contributed by atoms with Crippen molar-refractivity contribution in [3.8, 4) is 5.88 Å². The first kappa shape index (κ1) is 13.1. The van der Waals surface area contributed by atoms with Crippen molar-refractivity contribution in [2.24, 2.45) is 0 Å². The van der Waals surface area contributed by atoms with Crippen LogP contribution in [0.25, 0.3) is 0 Å². The highest BCUT2D eigenvalue weighted by Gasteiger charge is 2.19. The van der Waals surface area contributed by atoms with Crippen LogP contribution < -0.4 is 15.2 Å².